The minimum Gasteiger partial charge on any atom is -0.493 e. The Balaban J connectivity index is 1.46. The van der Waals surface area contributed by atoms with E-state index in [1.54, 1.807) is 7.11 Å². The van der Waals surface area contributed by atoms with Gasteiger partial charge in [0.05, 0.1) is 7.11 Å². The van der Waals surface area contributed by atoms with Gasteiger partial charge in [-0.2, -0.15) is 11.8 Å². The lowest BCUT2D eigenvalue weighted by Gasteiger charge is -2.28. The van der Waals surface area contributed by atoms with Crippen molar-refractivity contribution in [2.75, 3.05) is 43.2 Å². The number of nitrogens with one attached hydrogen (secondary N) is 1. The molecular formula is C21H26N2O3S. The number of anilines is 1. The summed E-state index contributed by atoms with van der Waals surface area (Å²) >= 11 is 2.00. The van der Waals surface area contributed by atoms with Gasteiger partial charge < -0.3 is 19.7 Å². The molecule has 0 unspecified atom stereocenters. The Labute approximate surface area is 165 Å². The molecule has 1 aliphatic heterocycles. The Morgan fingerprint density at radius 2 is 1.85 bits per heavy atom. The fourth-order valence-corrected chi connectivity index (χ4v) is 3.84. The van der Waals surface area contributed by atoms with E-state index < -0.39 is 0 Å². The molecule has 27 heavy (non-hydrogen) atoms. The molecule has 0 radical (unpaired) electrons. The molecule has 0 aromatic heterocycles. The third-order valence-electron chi connectivity index (χ3n) is 4.48. The van der Waals surface area contributed by atoms with E-state index in [9.17, 15) is 4.79 Å². The molecule has 0 spiro atoms. The highest BCUT2D eigenvalue weighted by molar-refractivity contribution is 7.99. The summed E-state index contributed by atoms with van der Waals surface area (Å²) in [5.74, 6) is 3.42. The Morgan fingerprint density at radius 3 is 2.56 bits per heavy atom. The minimum absolute atomic E-state index is 0.0387. The molecule has 2 aromatic carbocycles. The fourth-order valence-electron chi connectivity index (χ4n) is 2.94. The second-order valence-electron chi connectivity index (χ2n) is 6.49. The highest BCUT2D eigenvalue weighted by Gasteiger charge is 2.11. The third-order valence-corrected chi connectivity index (χ3v) is 5.42. The smallest absolute Gasteiger partial charge is 0.258 e. The van der Waals surface area contributed by atoms with Crippen LogP contribution in [0.2, 0.25) is 0 Å². The van der Waals surface area contributed by atoms with Crippen molar-refractivity contribution in [1.29, 1.82) is 0 Å². The normalized spacial score (nSPS) is 13.9. The minimum atomic E-state index is -0.158. The Hall–Kier alpha value is -2.34. The van der Waals surface area contributed by atoms with Crippen LogP contribution < -0.4 is 19.7 Å². The zero-order valence-electron chi connectivity index (χ0n) is 15.9. The molecule has 1 amide bonds. The molecular weight excluding hydrogens is 360 g/mol. The molecule has 3 rings (SSSR count). The first-order chi connectivity index (χ1) is 13.2. The van der Waals surface area contributed by atoms with Crippen LogP contribution in [0.1, 0.15) is 11.1 Å². The summed E-state index contributed by atoms with van der Waals surface area (Å²) in [6.45, 7) is 4.63. The summed E-state index contributed by atoms with van der Waals surface area (Å²) in [7, 11) is 1.59. The van der Waals surface area contributed by atoms with Gasteiger partial charge in [0.1, 0.15) is 0 Å². The van der Waals surface area contributed by atoms with Gasteiger partial charge in [-0.25, -0.2) is 0 Å². The Morgan fingerprint density at radius 1 is 1.11 bits per heavy atom. The van der Waals surface area contributed by atoms with E-state index in [1.807, 2.05) is 36.9 Å². The lowest BCUT2D eigenvalue weighted by Crippen LogP contribution is -2.32. The van der Waals surface area contributed by atoms with Crippen molar-refractivity contribution < 1.29 is 14.3 Å². The fraction of sp³-hybridized carbons (Fsp3) is 0.381. The molecule has 2 aromatic rings. The number of carbonyl (C=O) groups excluding carboxylic acids is 1. The summed E-state index contributed by atoms with van der Waals surface area (Å²) in [5, 5.41) is 2.90. The summed E-state index contributed by atoms with van der Waals surface area (Å²) < 4.78 is 10.9. The van der Waals surface area contributed by atoms with E-state index in [1.165, 1.54) is 17.2 Å². The topological polar surface area (TPSA) is 50.8 Å². The predicted molar refractivity (Wildman–Crippen MR) is 111 cm³/mol. The van der Waals surface area contributed by atoms with Gasteiger partial charge in [-0.1, -0.05) is 18.2 Å². The first kappa shape index (κ1) is 19.4. The molecule has 144 valence electrons. The van der Waals surface area contributed by atoms with E-state index in [4.69, 9.17) is 9.47 Å². The molecule has 0 atom stereocenters. The molecule has 1 heterocycles. The average Bonchev–Trinajstić information content (AvgIpc) is 2.72. The van der Waals surface area contributed by atoms with Crippen molar-refractivity contribution in [3.8, 4) is 11.5 Å². The van der Waals surface area contributed by atoms with Crippen LogP contribution >= 0.6 is 11.8 Å². The first-order valence-electron chi connectivity index (χ1n) is 9.11. The van der Waals surface area contributed by atoms with Gasteiger partial charge in [0.15, 0.2) is 18.1 Å². The number of amides is 1. The van der Waals surface area contributed by atoms with E-state index in [0.717, 1.165) is 24.2 Å². The number of aryl methyl sites for hydroxylation is 1. The van der Waals surface area contributed by atoms with Gasteiger partial charge in [0, 0.05) is 36.8 Å². The van der Waals surface area contributed by atoms with Crippen LogP contribution in [0.25, 0.3) is 0 Å². The van der Waals surface area contributed by atoms with Crippen molar-refractivity contribution in [3.05, 3.63) is 53.6 Å². The van der Waals surface area contributed by atoms with Gasteiger partial charge in [0.2, 0.25) is 0 Å². The van der Waals surface area contributed by atoms with E-state index >= 15 is 0 Å². The Bertz CT molecular complexity index is 759. The first-order valence-corrected chi connectivity index (χ1v) is 10.3. The highest BCUT2D eigenvalue weighted by atomic mass is 32.2. The summed E-state index contributed by atoms with van der Waals surface area (Å²) in [6.07, 6.45) is 0. The van der Waals surface area contributed by atoms with E-state index in [-0.39, 0.29) is 12.5 Å². The molecule has 6 heteroatoms. The van der Waals surface area contributed by atoms with Crippen LogP contribution in [0.5, 0.6) is 11.5 Å². The molecule has 5 nitrogen and oxygen atoms in total. The average molecular weight is 387 g/mol. The molecule has 1 fully saturated rings. The van der Waals surface area contributed by atoms with Gasteiger partial charge in [-0.15, -0.1) is 0 Å². The number of benzene rings is 2. The number of hydrogen-bond donors (Lipinski definition) is 1. The van der Waals surface area contributed by atoms with Crippen LogP contribution in [0.3, 0.4) is 0 Å². The number of ether oxygens (including phenoxy) is 2. The van der Waals surface area contributed by atoms with Crippen molar-refractivity contribution in [3.63, 3.8) is 0 Å². The SMILES string of the molecule is COc1cc(C)ccc1OCC(=O)NCc1ccc(N2CCSCC2)cc1. The standard InChI is InChI=1S/C21H26N2O3S/c1-16-3-8-19(20(13-16)25-2)26-15-21(24)22-14-17-4-6-18(7-5-17)23-9-11-27-12-10-23/h3-8,13H,9-12,14-15H2,1-2H3,(H,22,24). The Kier molecular flexibility index (Phi) is 6.87. The largest absolute Gasteiger partial charge is 0.493 e. The molecule has 1 N–H and O–H groups in total. The second kappa shape index (κ2) is 9.55. The van der Waals surface area contributed by atoms with Crippen LogP contribution in [-0.2, 0) is 11.3 Å². The molecule has 1 aliphatic rings. The number of rotatable bonds is 7. The maximum Gasteiger partial charge on any atom is 0.258 e. The molecule has 0 saturated carbocycles. The third kappa shape index (κ3) is 5.57. The maximum absolute atomic E-state index is 12.1. The lowest BCUT2D eigenvalue weighted by atomic mass is 10.2. The molecule has 1 saturated heterocycles. The number of hydrogen-bond acceptors (Lipinski definition) is 5. The van der Waals surface area contributed by atoms with Crippen molar-refractivity contribution >= 4 is 23.4 Å². The van der Waals surface area contributed by atoms with Crippen LogP contribution in [-0.4, -0.2) is 44.2 Å². The quantitative estimate of drug-likeness (QED) is 0.792. The monoisotopic (exact) mass is 386 g/mol. The van der Waals surface area contributed by atoms with E-state index in [2.05, 4.69) is 34.5 Å². The molecule has 0 aliphatic carbocycles. The van der Waals surface area contributed by atoms with Gasteiger partial charge in [-0.05, 0) is 42.3 Å². The number of thioether (sulfide) groups is 1. The van der Waals surface area contributed by atoms with Gasteiger partial charge >= 0.3 is 0 Å². The maximum atomic E-state index is 12.1. The van der Waals surface area contributed by atoms with E-state index in [0.29, 0.717) is 18.0 Å². The zero-order chi connectivity index (χ0) is 19.1. The predicted octanol–water partition coefficient (Wildman–Crippen LogP) is 3.25. The van der Waals surface area contributed by atoms with Crippen molar-refractivity contribution in [1.82, 2.24) is 5.32 Å². The molecule has 0 bridgehead atoms. The number of carbonyl (C=O) groups is 1. The van der Waals surface area contributed by atoms with Crippen LogP contribution in [0.4, 0.5) is 5.69 Å². The van der Waals surface area contributed by atoms with Crippen LogP contribution in [0, 0.1) is 6.92 Å². The highest BCUT2D eigenvalue weighted by Crippen LogP contribution is 2.27. The summed E-state index contributed by atoms with van der Waals surface area (Å²) in [5.41, 5.74) is 3.40. The number of nitrogens with zero attached hydrogens (tertiary/aromatic N) is 1. The lowest BCUT2D eigenvalue weighted by molar-refractivity contribution is -0.123. The summed E-state index contributed by atoms with van der Waals surface area (Å²) in [4.78, 5) is 14.5. The van der Waals surface area contributed by atoms with Gasteiger partial charge in [-0.3, -0.25) is 4.79 Å². The summed E-state index contributed by atoms with van der Waals surface area (Å²) in [6, 6.07) is 14.0. The second-order valence-corrected chi connectivity index (χ2v) is 7.71. The number of methoxy groups -OCH3 is 1. The van der Waals surface area contributed by atoms with Gasteiger partial charge in [0.25, 0.3) is 5.91 Å². The zero-order valence-corrected chi connectivity index (χ0v) is 16.7. The van der Waals surface area contributed by atoms with Crippen molar-refractivity contribution in [2.24, 2.45) is 0 Å². The van der Waals surface area contributed by atoms with Crippen molar-refractivity contribution in [2.45, 2.75) is 13.5 Å². The van der Waals surface area contributed by atoms with Crippen LogP contribution in [0.15, 0.2) is 42.5 Å².